The average molecular weight is 183 g/mol. The molecule has 1 rings (SSSR count). The summed E-state index contributed by atoms with van der Waals surface area (Å²) in [5.74, 6) is 0. The first-order chi connectivity index (χ1) is 5.68. The van der Waals surface area contributed by atoms with Crippen molar-refractivity contribution in [3.8, 4) is 0 Å². The third-order valence-electron chi connectivity index (χ3n) is 3.47. The van der Waals surface area contributed by atoms with Crippen LogP contribution in [0.4, 0.5) is 0 Å². The fourth-order valence-electron chi connectivity index (χ4n) is 3.66. The van der Waals surface area contributed by atoms with Crippen molar-refractivity contribution in [1.29, 1.82) is 0 Å². The SMILES string of the molecule is CCC1(C)CC(C)(C)CC(C)(N)C1. The second-order valence-electron chi connectivity index (χ2n) is 6.51. The van der Waals surface area contributed by atoms with Crippen LogP contribution in [0.2, 0.25) is 0 Å². The summed E-state index contributed by atoms with van der Waals surface area (Å²) in [5.41, 5.74) is 7.24. The van der Waals surface area contributed by atoms with Crippen LogP contribution in [-0.2, 0) is 0 Å². The fourth-order valence-corrected chi connectivity index (χ4v) is 3.66. The zero-order valence-corrected chi connectivity index (χ0v) is 9.91. The largest absolute Gasteiger partial charge is 0.325 e. The smallest absolute Gasteiger partial charge is 0.0136 e. The summed E-state index contributed by atoms with van der Waals surface area (Å²) < 4.78 is 0. The summed E-state index contributed by atoms with van der Waals surface area (Å²) in [4.78, 5) is 0. The third kappa shape index (κ3) is 2.70. The van der Waals surface area contributed by atoms with Gasteiger partial charge in [-0.2, -0.15) is 0 Å². The molecule has 0 amide bonds. The molecule has 2 unspecified atom stereocenters. The molecule has 0 saturated heterocycles. The first-order valence-electron chi connectivity index (χ1n) is 5.47. The fraction of sp³-hybridized carbons (Fsp3) is 1.00. The highest BCUT2D eigenvalue weighted by molar-refractivity contribution is 4.99. The minimum atomic E-state index is 0.0481. The Labute approximate surface area is 83.1 Å². The molecule has 0 aliphatic heterocycles. The van der Waals surface area contributed by atoms with Gasteiger partial charge in [-0.3, -0.25) is 0 Å². The molecule has 2 N–H and O–H groups in total. The van der Waals surface area contributed by atoms with Gasteiger partial charge >= 0.3 is 0 Å². The van der Waals surface area contributed by atoms with Crippen LogP contribution in [-0.4, -0.2) is 5.54 Å². The number of hydrogen-bond donors (Lipinski definition) is 1. The molecule has 1 fully saturated rings. The van der Waals surface area contributed by atoms with Crippen molar-refractivity contribution in [2.24, 2.45) is 16.6 Å². The van der Waals surface area contributed by atoms with Crippen LogP contribution in [0, 0.1) is 10.8 Å². The predicted octanol–water partition coefficient (Wildman–Crippen LogP) is 3.33. The van der Waals surface area contributed by atoms with E-state index in [1.54, 1.807) is 0 Å². The lowest BCUT2D eigenvalue weighted by atomic mass is 9.58. The highest BCUT2D eigenvalue weighted by Gasteiger charge is 2.43. The van der Waals surface area contributed by atoms with Gasteiger partial charge in [0.1, 0.15) is 0 Å². The summed E-state index contributed by atoms with van der Waals surface area (Å²) in [6.07, 6.45) is 4.92. The molecular formula is C12H25N. The average Bonchev–Trinajstić information content (AvgIpc) is 1.79. The second-order valence-corrected chi connectivity index (χ2v) is 6.51. The molecular weight excluding hydrogens is 158 g/mol. The predicted molar refractivity (Wildman–Crippen MR) is 58.6 cm³/mol. The van der Waals surface area contributed by atoms with Crippen LogP contribution in [0.3, 0.4) is 0 Å². The van der Waals surface area contributed by atoms with Crippen molar-refractivity contribution in [2.75, 3.05) is 0 Å². The van der Waals surface area contributed by atoms with Crippen LogP contribution in [0.5, 0.6) is 0 Å². The van der Waals surface area contributed by atoms with Crippen LogP contribution in [0.25, 0.3) is 0 Å². The maximum atomic E-state index is 6.30. The maximum Gasteiger partial charge on any atom is 0.0136 e. The van der Waals surface area contributed by atoms with Gasteiger partial charge in [0, 0.05) is 5.54 Å². The molecule has 1 saturated carbocycles. The standard InChI is InChI=1S/C12H25N/c1-6-11(4)7-10(2,3)8-12(5,13)9-11/h6-9,13H2,1-5H3. The molecule has 0 aromatic rings. The van der Waals surface area contributed by atoms with Gasteiger partial charge in [0.15, 0.2) is 0 Å². The van der Waals surface area contributed by atoms with Gasteiger partial charge in [0.2, 0.25) is 0 Å². The minimum Gasteiger partial charge on any atom is -0.325 e. The molecule has 2 atom stereocenters. The van der Waals surface area contributed by atoms with E-state index in [1.165, 1.54) is 19.3 Å². The molecule has 0 heterocycles. The van der Waals surface area contributed by atoms with E-state index < -0.39 is 0 Å². The van der Waals surface area contributed by atoms with E-state index in [0.29, 0.717) is 10.8 Å². The van der Waals surface area contributed by atoms with E-state index in [1.807, 2.05) is 0 Å². The minimum absolute atomic E-state index is 0.0481. The van der Waals surface area contributed by atoms with E-state index >= 15 is 0 Å². The van der Waals surface area contributed by atoms with Crippen LogP contribution in [0.15, 0.2) is 0 Å². The highest BCUT2D eigenvalue weighted by Crippen LogP contribution is 2.50. The highest BCUT2D eigenvalue weighted by atomic mass is 14.8. The Morgan fingerprint density at radius 3 is 1.92 bits per heavy atom. The van der Waals surface area contributed by atoms with Crippen molar-refractivity contribution >= 4 is 0 Å². The van der Waals surface area contributed by atoms with Gasteiger partial charge in [-0.15, -0.1) is 0 Å². The number of rotatable bonds is 1. The van der Waals surface area contributed by atoms with E-state index in [4.69, 9.17) is 5.73 Å². The number of nitrogens with two attached hydrogens (primary N) is 1. The Kier molecular flexibility index (Phi) is 2.53. The quantitative estimate of drug-likeness (QED) is 0.663. The molecule has 0 aromatic heterocycles. The first kappa shape index (κ1) is 11.0. The monoisotopic (exact) mass is 183 g/mol. The Morgan fingerprint density at radius 2 is 1.54 bits per heavy atom. The second kappa shape index (κ2) is 2.98. The van der Waals surface area contributed by atoms with E-state index in [2.05, 4.69) is 34.6 Å². The van der Waals surface area contributed by atoms with E-state index in [-0.39, 0.29) is 5.54 Å². The molecule has 0 radical (unpaired) electrons. The molecule has 13 heavy (non-hydrogen) atoms. The van der Waals surface area contributed by atoms with E-state index in [9.17, 15) is 0 Å². The zero-order valence-electron chi connectivity index (χ0n) is 9.91. The molecule has 1 heteroatoms. The normalized spacial score (nSPS) is 44.8. The molecule has 0 bridgehead atoms. The molecule has 0 spiro atoms. The topological polar surface area (TPSA) is 26.0 Å². The molecule has 1 aliphatic carbocycles. The van der Waals surface area contributed by atoms with Crippen molar-refractivity contribution in [2.45, 2.75) is 65.8 Å². The van der Waals surface area contributed by atoms with Crippen molar-refractivity contribution < 1.29 is 0 Å². The lowest BCUT2D eigenvalue weighted by Crippen LogP contribution is -2.50. The van der Waals surface area contributed by atoms with Gasteiger partial charge in [0.05, 0.1) is 0 Å². The Balaban J connectivity index is 2.84. The third-order valence-corrected chi connectivity index (χ3v) is 3.47. The van der Waals surface area contributed by atoms with Gasteiger partial charge < -0.3 is 5.73 Å². The van der Waals surface area contributed by atoms with Gasteiger partial charge in [0.25, 0.3) is 0 Å². The van der Waals surface area contributed by atoms with Gasteiger partial charge in [-0.1, -0.05) is 34.1 Å². The van der Waals surface area contributed by atoms with E-state index in [0.717, 1.165) is 6.42 Å². The summed E-state index contributed by atoms with van der Waals surface area (Å²) in [6, 6.07) is 0. The Hall–Kier alpha value is -0.0400. The Bertz CT molecular complexity index is 175. The first-order valence-corrected chi connectivity index (χ1v) is 5.47. The Morgan fingerprint density at radius 1 is 1.00 bits per heavy atom. The lowest BCUT2D eigenvalue weighted by molar-refractivity contribution is 0.0417. The van der Waals surface area contributed by atoms with Crippen molar-refractivity contribution in [1.82, 2.24) is 0 Å². The zero-order chi connectivity index (χ0) is 10.3. The maximum absolute atomic E-state index is 6.30. The van der Waals surface area contributed by atoms with Crippen molar-refractivity contribution in [3.05, 3.63) is 0 Å². The molecule has 1 aliphatic rings. The van der Waals surface area contributed by atoms with Crippen LogP contribution < -0.4 is 5.73 Å². The molecule has 1 nitrogen and oxygen atoms in total. The molecule has 78 valence electrons. The summed E-state index contributed by atoms with van der Waals surface area (Å²) in [7, 11) is 0. The molecule has 0 aromatic carbocycles. The van der Waals surface area contributed by atoms with Crippen molar-refractivity contribution in [3.63, 3.8) is 0 Å². The summed E-state index contributed by atoms with van der Waals surface area (Å²) in [5, 5.41) is 0. The lowest BCUT2D eigenvalue weighted by Gasteiger charge is -2.50. The summed E-state index contributed by atoms with van der Waals surface area (Å²) in [6.45, 7) is 11.6. The van der Waals surface area contributed by atoms with Gasteiger partial charge in [-0.05, 0) is 37.0 Å². The van der Waals surface area contributed by atoms with Gasteiger partial charge in [-0.25, -0.2) is 0 Å². The van der Waals surface area contributed by atoms with Crippen LogP contribution in [0.1, 0.15) is 60.3 Å². The number of hydrogen-bond acceptors (Lipinski definition) is 1. The summed E-state index contributed by atoms with van der Waals surface area (Å²) >= 11 is 0. The van der Waals surface area contributed by atoms with Crippen LogP contribution >= 0.6 is 0 Å².